The Morgan fingerprint density at radius 2 is 2.00 bits per heavy atom. The van der Waals surface area contributed by atoms with Crippen molar-refractivity contribution in [3.8, 4) is 5.75 Å². The van der Waals surface area contributed by atoms with Gasteiger partial charge in [0.05, 0.1) is 0 Å². The highest BCUT2D eigenvalue weighted by molar-refractivity contribution is 5.85. The lowest BCUT2D eigenvalue weighted by Gasteiger charge is -2.12. The molecule has 16 heavy (non-hydrogen) atoms. The number of benzene rings is 1. The number of halogens is 1. The molecule has 1 aromatic rings. The number of rotatable bonds is 5. The Bertz CT molecular complexity index is 318. The first-order valence-electron chi connectivity index (χ1n) is 5.40. The van der Waals surface area contributed by atoms with E-state index in [9.17, 15) is 5.11 Å². The molecular formula is C12H21ClN2O. The van der Waals surface area contributed by atoms with Gasteiger partial charge in [-0.05, 0) is 43.5 Å². The Labute approximate surface area is 103 Å². The first kappa shape index (κ1) is 15.2. The van der Waals surface area contributed by atoms with Gasteiger partial charge in [-0.2, -0.15) is 0 Å². The lowest BCUT2D eigenvalue weighted by Crippen LogP contribution is -2.11. The van der Waals surface area contributed by atoms with Gasteiger partial charge in [0.2, 0.25) is 0 Å². The van der Waals surface area contributed by atoms with Crippen LogP contribution in [0.2, 0.25) is 0 Å². The zero-order valence-electron chi connectivity index (χ0n) is 9.65. The molecule has 1 atom stereocenters. The molecule has 0 spiro atoms. The van der Waals surface area contributed by atoms with E-state index in [-0.39, 0.29) is 18.4 Å². The van der Waals surface area contributed by atoms with Gasteiger partial charge in [0, 0.05) is 6.04 Å². The predicted molar refractivity (Wildman–Crippen MR) is 69.9 cm³/mol. The van der Waals surface area contributed by atoms with Crippen LogP contribution in [0.15, 0.2) is 18.2 Å². The molecule has 0 aliphatic carbocycles. The van der Waals surface area contributed by atoms with Crippen molar-refractivity contribution in [3.05, 3.63) is 29.3 Å². The second-order valence-corrected chi connectivity index (χ2v) is 3.94. The van der Waals surface area contributed by atoms with E-state index in [1.54, 1.807) is 6.07 Å². The molecular weight excluding hydrogens is 224 g/mol. The van der Waals surface area contributed by atoms with Gasteiger partial charge in [-0.1, -0.05) is 18.6 Å². The van der Waals surface area contributed by atoms with Gasteiger partial charge in [0.1, 0.15) is 5.75 Å². The summed E-state index contributed by atoms with van der Waals surface area (Å²) in [7, 11) is 0. The second-order valence-electron chi connectivity index (χ2n) is 3.94. The summed E-state index contributed by atoms with van der Waals surface area (Å²) >= 11 is 0. The van der Waals surface area contributed by atoms with Gasteiger partial charge in [0.15, 0.2) is 0 Å². The van der Waals surface area contributed by atoms with Crippen molar-refractivity contribution in [3.63, 3.8) is 0 Å². The molecule has 4 heteroatoms. The Morgan fingerprint density at radius 1 is 1.31 bits per heavy atom. The van der Waals surface area contributed by atoms with Crippen LogP contribution in [0.5, 0.6) is 5.75 Å². The van der Waals surface area contributed by atoms with Crippen LogP contribution in [-0.4, -0.2) is 11.7 Å². The highest BCUT2D eigenvalue weighted by Gasteiger charge is 2.06. The molecule has 5 N–H and O–H groups in total. The average molecular weight is 245 g/mol. The predicted octanol–water partition coefficient (Wildman–Crippen LogP) is 2.25. The summed E-state index contributed by atoms with van der Waals surface area (Å²) in [6.45, 7) is 2.60. The van der Waals surface area contributed by atoms with Crippen LogP contribution >= 0.6 is 12.4 Å². The molecule has 0 saturated heterocycles. The van der Waals surface area contributed by atoms with E-state index in [0.29, 0.717) is 5.75 Å². The van der Waals surface area contributed by atoms with Crippen LogP contribution in [0.3, 0.4) is 0 Å². The molecule has 0 aromatic heterocycles. The molecule has 92 valence electrons. The van der Waals surface area contributed by atoms with Crippen LogP contribution in [-0.2, 0) is 0 Å². The van der Waals surface area contributed by atoms with E-state index >= 15 is 0 Å². The minimum atomic E-state index is 0. The van der Waals surface area contributed by atoms with E-state index in [1.165, 1.54) is 0 Å². The molecule has 0 saturated carbocycles. The quantitative estimate of drug-likeness (QED) is 0.696. The van der Waals surface area contributed by atoms with Crippen molar-refractivity contribution in [2.24, 2.45) is 11.5 Å². The minimum absolute atomic E-state index is 0. The van der Waals surface area contributed by atoms with Crippen LogP contribution in [0.4, 0.5) is 0 Å². The monoisotopic (exact) mass is 244 g/mol. The Balaban J connectivity index is 0.00000225. The summed E-state index contributed by atoms with van der Waals surface area (Å²) in [6, 6.07) is 5.58. The van der Waals surface area contributed by atoms with Gasteiger partial charge in [-0.3, -0.25) is 0 Å². The van der Waals surface area contributed by atoms with Crippen molar-refractivity contribution >= 4 is 12.4 Å². The van der Waals surface area contributed by atoms with Gasteiger partial charge in [0.25, 0.3) is 0 Å². The fourth-order valence-corrected chi connectivity index (χ4v) is 1.58. The number of hydrogen-bond donors (Lipinski definition) is 3. The molecule has 1 rings (SSSR count). The number of unbranched alkanes of at least 4 members (excludes halogenated alkanes) is 1. The van der Waals surface area contributed by atoms with E-state index < -0.39 is 0 Å². The van der Waals surface area contributed by atoms with Crippen LogP contribution in [0.1, 0.15) is 36.4 Å². The SMILES string of the molecule is Cc1cc([C@@H](N)CCCCN)ccc1O.Cl. The summed E-state index contributed by atoms with van der Waals surface area (Å²) < 4.78 is 0. The standard InChI is InChI=1S/C12H20N2O.ClH/c1-9-8-10(5-6-12(9)15)11(14)4-2-3-7-13;/h5-6,8,11,15H,2-4,7,13-14H2,1H3;1H/t11-;/m0./s1. The summed E-state index contributed by atoms with van der Waals surface area (Å²) in [5, 5.41) is 9.38. The minimum Gasteiger partial charge on any atom is -0.508 e. The van der Waals surface area contributed by atoms with E-state index in [0.717, 1.165) is 36.9 Å². The van der Waals surface area contributed by atoms with Gasteiger partial charge in [-0.25, -0.2) is 0 Å². The van der Waals surface area contributed by atoms with Gasteiger partial charge >= 0.3 is 0 Å². The molecule has 0 heterocycles. The first-order chi connectivity index (χ1) is 7.15. The van der Waals surface area contributed by atoms with Crippen molar-refractivity contribution in [2.75, 3.05) is 6.54 Å². The molecule has 1 aromatic carbocycles. The Morgan fingerprint density at radius 3 is 2.56 bits per heavy atom. The molecule has 0 radical (unpaired) electrons. The Hall–Kier alpha value is -0.770. The molecule has 0 fully saturated rings. The molecule has 0 bridgehead atoms. The fourth-order valence-electron chi connectivity index (χ4n) is 1.58. The first-order valence-corrected chi connectivity index (χ1v) is 5.40. The Kier molecular flexibility index (Phi) is 7.13. The highest BCUT2D eigenvalue weighted by Crippen LogP contribution is 2.22. The zero-order valence-corrected chi connectivity index (χ0v) is 10.5. The molecule has 3 nitrogen and oxygen atoms in total. The summed E-state index contributed by atoms with van der Waals surface area (Å²) in [6.07, 6.45) is 3.02. The van der Waals surface area contributed by atoms with Crippen molar-refractivity contribution in [1.82, 2.24) is 0 Å². The average Bonchev–Trinajstić information content (AvgIpc) is 2.22. The fraction of sp³-hybridized carbons (Fsp3) is 0.500. The topological polar surface area (TPSA) is 72.3 Å². The van der Waals surface area contributed by atoms with Crippen LogP contribution < -0.4 is 11.5 Å². The molecule has 0 aliphatic rings. The summed E-state index contributed by atoms with van der Waals surface area (Å²) in [4.78, 5) is 0. The summed E-state index contributed by atoms with van der Waals surface area (Å²) in [5.74, 6) is 0.327. The number of aryl methyl sites for hydroxylation is 1. The second kappa shape index (κ2) is 7.49. The van der Waals surface area contributed by atoms with E-state index in [2.05, 4.69) is 0 Å². The van der Waals surface area contributed by atoms with Crippen LogP contribution in [0.25, 0.3) is 0 Å². The highest BCUT2D eigenvalue weighted by atomic mass is 35.5. The lowest BCUT2D eigenvalue weighted by molar-refractivity contribution is 0.470. The number of nitrogens with two attached hydrogens (primary N) is 2. The van der Waals surface area contributed by atoms with Crippen molar-refractivity contribution in [2.45, 2.75) is 32.2 Å². The van der Waals surface area contributed by atoms with E-state index in [4.69, 9.17) is 11.5 Å². The zero-order chi connectivity index (χ0) is 11.3. The largest absolute Gasteiger partial charge is 0.508 e. The number of phenols is 1. The maximum absolute atomic E-state index is 9.38. The van der Waals surface area contributed by atoms with Gasteiger partial charge < -0.3 is 16.6 Å². The summed E-state index contributed by atoms with van der Waals surface area (Å²) in [5.41, 5.74) is 13.4. The van der Waals surface area contributed by atoms with E-state index in [1.807, 2.05) is 19.1 Å². The lowest BCUT2D eigenvalue weighted by atomic mass is 10.00. The number of aromatic hydroxyl groups is 1. The van der Waals surface area contributed by atoms with Gasteiger partial charge in [-0.15, -0.1) is 12.4 Å². The molecule has 0 aliphatic heterocycles. The maximum atomic E-state index is 9.38. The molecule has 0 amide bonds. The third-order valence-corrected chi connectivity index (χ3v) is 2.62. The van der Waals surface area contributed by atoms with Crippen molar-refractivity contribution < 1.29 is 5.11 Å². The van der Waals surface area contributed by atoms with Crippen molar-refractivity contribution in [1.29, 1.82) is 0 Å². The normalized spacial score (nSPS) is 11.9. The smallest absolute Gasteiger partial charge is 0.118 e. The maximum Gasteiger partial charge on any atom is 0.118 e. The third-order valence-electron chi connectivity index (χ3n) is 2.62. The number of phenolic OH excluding ortho intramolecular Hbond substituents is 1. The third kappa shape index (κ3) is 4.39. The number of hydrogen-bond acceptors (Lipinski definition) is 3. The molecule has 0 unspecified atom stereocenters. The van der Waals surface area contributed by atoms with Crippen LogP contribution in [0, 0.1) is 6.92 Å².